The van der Waals surface area contributed by atoms with Gasteiger partial charge in [-0.15, -0.1) is 11.3 Å². The second-order valence-corrected chi connectivity index (χ2v) is 7.58. The molecule has 26 heavy (non-hydrogen) atoms. The summed E-state index contributed by atoms with van der Waals surface area (Å²) in [5, 5.41) is 5.74. The number of esters is 1. The molecule has 7 nitrogen and oxygen atoms in total. The Balaban J connectivity index is 2.11. The molecule has 2 aromatic rings. The first-order valence-electron chi connectivity index (χ1n) is 8.43. The standard InChI is InChI=1S/C18H26N4O3S/c1-10(2)19-14(23)7-22(5)8-15-21-13(9-26-15)17-11(3)16(12(4)20-17)18(24)25-6/h9-10,20H,7-8H2,1-6H3,(H,19,23). The molecule has 0 aliphatic carbocycles. The Morgan fingerprint density at radius 2 is 2.08 bits per heavy atom. The molecule has 0 unspecified atom stereocenters. The first kappa shape index (κ1) is 20.1. The summed E-state index contributed by atoms with van der Waals surface area (Å²) in [6.45, 7) is 8.51. The maximum Gasteiger partial charge on any atom is 0.339 e. The van der Waals surface area contributed by atoms with Crippen molar-refractivity contribution in [1.29, 1.82) is 0 Å². The molecule has 8 heteroatoms. The Kier molecular flexibility index (Phi) is 6.55. The maximum atomic E-state index is 11.9. The van der Waals surface area contributed by atoms with E-state index in [0.29, 0.717) is 18.7 Å². The molecule has 0 atom stereocenters. The third-order valence-electron chi connectivity index (χ3n) is 3.90. The van der Waals surface area contributed by atoms with Crippen molar-refractivity contribution >= 4 is 23.2 Å². The Hall–Kier alpha value is -2.19. The van der Waals surface area contributed by atoms with Gasteiger partial charge in [0.15, 0.2) is 0 Å². The van der Waals surface area contributed by atoms with Crippen molar-refractivity contribution in [2.24, 2.45) is 0 Å². The third-order valence-corrected chi connectivity index (χ3v) is 4.74. The van der Waals surface area contributed by atoms with E-state index in [0.717, 1.165) is 27.7 Å². The van der Waals surface area contributed by atoms with Gasteiger partial charge in [0, 0.05) is 17.1 Å². The van der Waals surface area contributed by atoms with E-state index in [1.165, 1.54) is 18.4 Å². The van der Waals surface area contributed by atoms with Gasteiger partial charge in [-0.3, -0.25) is 9.69 Å². The van der Waals surface area contributed by atoms with Crippen LogP contribution in [0.15, 0.2) is 5.38 Å². The molecule has 2 aromatic heterocycles. The van der Waals surface area contributed by atoms with Crippen LogP contribution < -0.4 is 5.32 Å². The largest absolute Gasteiger partial charge is 0.465 e. The highest BCUT2D eigenvalue weighted by molar-refractivity contribution is 7.09. The average molecular weight is 378 g/mol. The van der Waals surface area contributed by atoms with Crippen LogP contribution in [0.5, 0.6) is 0 Å². The number of ether oxygens (including phenoxy) is 1. The Morgan fingerprint density at radius 1 is 1.38 bits per heavy atom. The van der Waals surface area contributed by atoms with Crippen LogP contribution in [0.2, 0.25) is 0 Å². The van der Waals surface area contributed by atoms with Crippen molar-refractivity contribution in [3.63, 3.8) is 0 Å². The number of likely N-dealkylation sites (N-methyl/N-ethyl adjacent to an activating group) is 1. The zero-order valence-electron chi connectivity index (χ0n) is 16.1. The van der Waals surface area contributed by atoms with Crippen LogP contribution in [0.25, 0.3) is 11.4 Å². The highest BCUT2D eigenvalue weighted by Crippen LogP contribution is 2.29. The third kappa shape index (κ3) is 4.70. The van der Waals surface area contributed by atoms with Crippen LogP contribution in [0.4, 0.5) is 0 Å². The van der Waals surface area contributed by atoms with Crippen LogP contribution in [0, 0.1) is 13.8 Å². The average Bonchev–Trinajstić information content (AvgIpc) is 3.10. The molecule has 0 aliphatic heterocycles. The van der Waals surface area contributed by atoms with E-state index in [1.807, 2.05) is 45.0 Å². The van der Waals surface area contributed by atoms with Crippen molar-refractivity contribution in [3.8, 4) is 11.4 Å². The first-order valence-corrected chi connectivity index (χ1v) is 9.31. The smallest absolute Gasteiger partial charge is 0.339 e. The number of H-pyrrole nitrogens is 1. The van der Waals surface area contributed by atoms with Crippen molar-refractivity contribution in [2.45, 2.75) is 40.3 Å². The lowest BCUT2D eigenvalue weighted by Crippen LogP contribution is -2.38. The summed E-state index contributed by atoms with van der Waals surface area (Å²) < 4.78 is 4.85. The number of aromatic nitrogens is 2. The first-order chi connectivity index (χ1) is 12.2. The van der Waals surface area contributed by atoms with Gasteiger partial charge in [-0.25, -0.2) is 9.78 Å². The Bertz CT molecular complexity index is 794. The van der Waals surface area contributed by atoms with Gasteiger partial charge in [-0.05, 0) is 40.3 Å². The molecule has 2 N–H and O–H groups in total. The molecule has 0 spiro atoms. The maximum absolute atomic E-state index is 11.9. The van der Waals surface area contributed by atoms with Crippen LogP contribution in [0.1, 0.15) is 40.5 Å². The number of nitrogens with one attached hydrogen (secondary N) is 2. The molecule has 142 valence electrons. The summed E-state index contributed by atoms with van der Waals surface area (Å²) in [6.07, 6.45) is 0. The number of thiazole rings is 1. The van der Waals surface area contributed by atoms with Gasteiger partial charge < -0.3 is 15.0 Å². The number of rotatable bonds is 7. The van der Waals surface area contributed by atoms with Crippen LogP contribution in [0.3, 0.4) is 0 Å². The Labute approximate surface area is 157 Å². The van der Waals surface area contributed by atoms with Crippen molar-refractivity contribution in [2.75, 3.05) is 20.7 Å². The minimum Gasteiger partial charge on any atom is -0.465 e. The van der Waals surface area contributed by atoms with Crippen molar-refractivity contribution in [3.05, 3.63) is 27.2 Å². The number of amides is 1. The van der Waals surface area contributed by atoms with E-state index < -0.39 is 0 Å². The van der Waals surface area contributed by atoms with E-state index in [4.69, 9.17) is 4.74 Å². The minimum absolute atomic E-state index is 0.00200. The molecular formula is C18H26N4O3S. The lowest BCUT2D eigenvalue weighted by molar-refractivity contribution is -0.122. The van der Waals surface area contributed by atoms with Crippen LogP contribution >= 0.6 is 11.3 Å². The highest BCUT2D eigenvalue weighted by atomic mass is 32.1. The van der Waals surface area contributed by atoms with Crippen molar-refractivity contribution in [1.82, 2.24) is 20.2 Å². The van der Waals surface area contributed by atoms with Crippen LogP contribution in [-0.4, -0.2) is 53.5 Å². The van der Waals surface area contributed by atoms with Gasteiger partial charge in [0.1, 0.15) is 5.01 Å². The summed E-state index contributed by atoms with van der Waals surface area (Å²) in [4.78, 5) is 33.6. The summed E-state index contributed by atoms with van der Waals surface area (Å²) in [5.74, 6) is -0.355. The van der Waals surface area contributed by atoms with E-state index in [-0.39, 0.29) is 17.9 Å². The number of hydrogen-bond acceptors (Lipinski definition) is 6. The molecule has 0 aliphatic rings. The molecule has 0 aromatic carbocycles. The monoisotopic (exact) mass is 378 g/mol. The second-order valence-electron chi connectivity index (χ2n) is 6.64. The molecule has 0 fully saturated rings. The van der Waals surface area contributed by atoms with Gasteiger partial charge >= 0.3 is 5.97 Å². The molecule has 0 bridgehead atoms. The van der Waals surface area contributed by atoms with Crippen LogP contribution in [-0.2, 0) is 16.1 Å². The second kappa shape index (κ2) is 8.46. The number of carbonyl (C=O) groups excluding carboxylic acids is 2. The van der Waals surface area contributed by atoms with E-state index >= 15 is 0 Å². The number of hydrogen-bond donors (Lipinski definition) is 2. The molecule has 2 heterocycles. The quantitative estimate of drug-likeness (QED) is 0.723. The van der Waals surface area contributed by atoms with Gasteiger partial charge in [0.25, 0.3) is 0 Å². The van der Waals surface area contributed by atoms with E-state index in [9.17, 15) is 9.59 Å². The van der Waals surface area contributed by atoms with E-state index in [1.54, 1.807) is 0 Å². The van der Waals surface area contributed by atoms with Gasteiger partial charge in [0.2, 0.25) is 5.91 Å². The zero-order valence-corrected chi connectivity index (χ0v) is 16.9. The highest BCUT2D eigenvalue weighted by Gasteiger charge is 2.21. The molecule has 2 rings (SSSR count). The Morgan fingerprint density at radius 3 is 2.69 bits per heavy atom. The summed E-state index contributed by atoms with van der Waals surface area (Å²) in [7, 11) is 3.26. The van der Waals surface area contributed by atoms with Gasteiger partial charge in [0.05, 0.1) is 37.2 Å². The molecule has 0 saturated carbocycles. The predicted octanol–water partition coefficient (Wildman–Crippen LogP) is 2.50. The topological polar surface area (TPSA) is 87.3 Å². The van der Waals surface area contributed by atoms with Crippen molar-refractivity contribution < 1.29 is 14.3 Å². The fourth-order valence-electron chi connectivity index (χ4n) is 2.81. The number of carbonyl (C=O) groups is 2. The molecular weight excluding hydrogens is 352 g/mol. The van der Waals surface area contributed by atoms with Gasteiger partial charge in [-0.2, -0.15) is 0 Å². The summed E-state index contributed by atoms with van der Waals surface area (Å²) >= 11 is 1.53. The predicted molar refractivity (Wildman–Crippen MR) is 102 cm³/mol. The fourth-order valence-corrected chi connectivity index (χ4v) is 3.68. The number of nitrogens with zero attached hydrogens (tertiary/aromatic N) is 2. The molecule has 1 amide bonds. The molecule has 0 radical (unpaired) electrons. The fraction of sp³-hybridized carbons (Fsp3) is 0.500. The van der Waals surface area contributed by atoms with E-state index in [2.05, 4.69) is 15.3 Å². The number of aryl methyl sites for hydroxylation is 1. The lowest BCUT2D eigenvalue weighted by Gasteiger charge is -2.16. The summed E-state index contributed by atoms with van der Waals surface area (Å²) in [6, 6.07) is 0.130. The minimum atomic E-state index is -0.353. The molecule has 0 saturated heterocycles. The lowest BCUT2D eigenvalue weighted by atomic mass is 10.1. The number of methoxy groups -OCH3 is 1. The normalized spacial score (nSPS) is 11.2. The van der Waals surface area contributed by atoms with Gasteiger partial charge in [-0.1, -0.05) is 0 Å². The number of aromatic amines is 1. The zero-order chi connectivity index (χ0) is 19.4. The summed E-state index contributed by atoms with van der Waals surface area (Å²) in [5.41, 5.74) is 3.77. The SMILES string of the molecule is COC(=O)c1c(C)[nH]c(-c2csc(CN(C)CC(=O)NC(C)C)n2)c1C.